The van der Waals surface area contributed by atoms with E-state index in [2.05, 4.69) is 19.1 Å². The maximum absolute atomic E-state index is 13.3. The summed E-state index contributed by atoms with van der Waals surface area (Å²) < 4.78 is 5.80. The van der Waals surface area contributed by atoms with E-state index in [9.17, 15) is 9.59 Å². The molecule has 1 amide bonds. The minimum Gasteiger partial charge on any atom is -0.465 e. The number of methoxy groups -OCH3 is 1. The molecule has 0 aliphatic heterocycles. The van der Waals surface area contributed by atoms with Gasteiger partial charge < -0.3 is 9.64 Å². The van der Waals surface area contributed by atoms with Crippen LogP contribution in [0.1, 0.15) is 31.8 Å². The van der Waals surface area contributed by atoms with Gasteiger partial charge in [0.25, 0.3) is 5.91 Å². The lowest BCUT2D eigenvalue weighted by molar-refractivity contribution is 0.0600. The zero-order chi connectivity index (χ0) is 21.1. The second kappa shape index (κ2) is 10.0. The fourth-order valence-corrected chi connectivity index (χ4v) is 4.25. The van der Waals surface area contributed by atoms with Gasteiger partial charge in [-0.25, -0.2) is 9.78 Å². The van der Waals surface area contributed by atoms with Crippen molar-refractivity contribution in [3.63, 3.8) is 0 Å². The average molecular weight is 448 g/mol. The molecule has 1 aromatic heterocycles. The molecule has 0 aliphatic rings. The number of carbonyl (C=O) groups is 2. The number of hydrogen-bond donors (Lipinski definition) is 0. The zero-order valence-electron chi connectivity index (χ0n) is 17.8. The summed E-state index contributed by atoms with van der Waals surface area (Å²) in [5.74, 6) is -0.567. The first-order valence-corrected chi connectivity index (χ1v) is 10.1. The van der Waals surface area contributed by atoms with E-state index in [1.165, 1.54) is 24.0 Å². The van der Waals surface area contributed by atoms with Gasteiger partial charge in [-0.3, -0.25) is 9.69 Å². The van der Waals surface area contributed by atoms with Crippen LogP contribution in [-0.4, -0.2) is 56.1 Å². The Kier molecular flexibility index (Phi) is 7.95. The van der Waals surface area contributed by atoms with Crippen molar-refractivity contribution in [1.82, 2.24) is 9.88 Å². The van der Waals surface area contributed by atoms with Crippen molar-refractivity contribution in [2.45, 2.75) is 13.8 Å². The summed E-state index contributed by atoms with van der Waals surface area (Å²) in [4.78, 5) is 33.5. The van der Waals surface area contributed by atoms with Crippen LogP contribution in [-0.2, 0) is 4.74 Å². The van der Waals surface area contributed by atoms with Crippen LogP contribution < -0.4 is 4.90 Å². The standard InChI is InChI=1S/C22H25N3O3S.ClH/c1-14-12-15(2)19-18(13-14)29-22(23-19)25(11-10-24(3)4)20(26)16-6-8-17(9-7-16)21(27)28-5;/h6-9,12-13H,10-11H2,1-5H3;1H. The van der Waals surface area contributed by atoms with Crippen LogP contribution in [0, 0.1) is 13.8 Å². The van der Waals surface area contributed by atoms with Crippen LogP contribution in [0.5, 0.6) is 0 Å². The van der Waals surface area contributed by atoms with Crippen molar-refractivity contribution in [3.8, 4) is 0 Å². The number of halogens is 1. The number of benzene rings is 2. The molecule has 0 unspecified atom stereocenters. The minimum atomic E-state index is -0.425. The Morgan fingerprint density at radius 1 is 1.03 bits per heavy atom. The Balaban J connectivity index is 0.00000320. The number of thiazole rings is 1. The number of likely N-dealkylation sites (N-methyl/N-ethyl adjacent to an activating group) is 1. The van der Waals surface area contributed by atoms with Crippen LogP contribution in [0.25, 0.3) is 10.2 Å². The number of amides is 1. The van der Waals surface area contributed by atoms with Crippen molar-refractivity contribution in [2.24, 2.45) is 0 Å². The predicted molar refractivity (Wildman–Crippen MR) is 124 cm³/mol. The molecule has 0 bridgehead atoms. The Morgan fingerprint density at radius 2 is 1.67 bits per heavy atom. The molecule has 160 valence electrons. The lowest BCUT2D eigenvalue weighted by Gasteiger charge is -2.22. The van der Waals surface area contributed by atoms with Gasteiger partial charge in [0, 0.05) is 18.7 Å². The van der Waals surface area contributed by atoms with Gasteiger partial charge >= 0.3 is 5.97 Å². The van der Waals surface area contributed by atoms with Crippen molar-refractivity contribution in [3.05, 3.63) is 58.7 Å². The zero-order valence-corrected chi connectivity index (χ0v) is 19.4. The van der Waals surface area contributed by atoms with Crippen molar-refractivity contribution >= 4 is 51.0 Å². The third-order valence-electron chi connectivity index (χ3n) is 4.62. The molecular weight excluding hydrogens is 422 g/mol. The number of rotatable bonds is 6. The molecule has 0 saturated carbocycles. The van der Waals surface area contributed by atoms with E-state index in [-0.39, 0.29) is 18.3 Å². The maximum atomic E-state index is 13.3. The molecule has 0 saturated heterocycles. The van der Waals surface area contributed by atoms with E-state index < -0.39 is 5.97 Å². The summed E-state index contributed by atoms with van der Waals surface area (Å²) in [6, 6.07) is 10.7. The van der Waals surface area contributed by atoms with Crippen LogP contribution >= 0.6 is 23.7 Å². The number of anilines is 1. The number of nitrogens with zero attached hydrogens (tertiary/aromatic N) is 3. The summed E-state index contributed by atoms with van der Waals surface area (Å²) in [6.07, 6.45) is 0. The summed E-state index contributed by atoms with van der Waals surface area (Å²) >= 11 is 1.52. The molecular formula is C22H26ClN3O3S. The molecule has 3 aromatic rings. The van der Waals surface area contributed by atoms with Crippen LogP contribution in [0.3, 0.4) is 0 Å². The molecule has 0 N–H and O–H groups in total. The van der Waals surface area contributed by atoms with E-state index in [1.807, 2.05) is 25.9 Å². The molecule has 0 fully saturated rings. The number of aromatic nitrogens is 1. The van der Waals surface area contributed by atoms with Gasteiger partial charge in [0.2, 0.25) is 0 Å². The fraction of sp³-hybridized carbons (Fsp3) is 0.318. The first-order valence-electron chi connectivity index (χ1n) is 9.33. The number of carbonyl (C=O) groups excluding carboxylic acids is 2. The average Bonchev–Trinajstić information content (AvgIpc) is 3.11. The minimum absolute atomic E-state index is 0. The first kappa shape index (κ1) is 23.8. The molecule has 2 aromatic carbocycles. The van der Waals surface area contributed by atoms with Crippen molar-refractivity contribution < 1.29 is 14.3 Å². The van der Waals surface area contributed by atoms with Gasteiger partial charge in [-0.15, -0.1) is 12.4 Å². The summed E-state index contributed by atoms with van der Waals surface area (Å²) in [5, 5.41) is 0.678. The molecule has 0 radical (unpaired) electrons. The molecule has 8 heteroatoms. The van der Waals surface area contributed by atoms with Gasteiger partial charge in [-0.2, -0.15) is 0 Å². The highest BCUT2D eigenvalue weighted by molar-refractivity contribution is 7.22. The number of esters is 1. The van der Waals surface area contributed by atoms with E-state index in [4.69, 9.17) is 9.72 Å². The van der Waals surface area contributed by atoms with Crippen molar-refractivity contribution in [1.29, 1.82) is 0 Å². The molecule has 1 heterocycles. The molecule has 0 aliphatic carbocycles. The lowest BCUT2D eigenvalue weighted by atomic mass is 10.1. The van der Waals surface area contributed by atoms with Gasteiger partial charge in [0.1, 0.15) is 0 Å². The fourth-order valence-electron chi connectivity index (χ4n) is 3.08. The first-order chi connectivity index (χ1) is 13.8. The van der Waals surface area contributed by atoms with Crippen molar-refractivity contribution in [2.75, 3.05) is 39.2 Å². The Bertz CT molecular complexity index is 1050. The highest BCUT2D eigenvalue weighted by Crippen LogP contribution is 2.32. The normalized spacial score (nSPS) is 10.7. The van der Waals surface area contributed by atoms with Crippen LogP contribution in [0.15, 0.2) is 36.4 Å². The second-order valence-corrected chi connectivity index (χ2v) is 8.26. The third kappa shape index (κ3) is 5.16. The predicted octanol–water partition coefficient (Wildman–Crippen LogP) is 4.33. The molecule has 3 rings (SSSR count). The highest BCUT2D eigenvalue weighted by atomic mass is 35.5. The Labute approximate surface area is 186 Å². The quantitative estimate of drug-likeness (QED) is 0.526. The van der Waals surface area contributed by atoms with Gasteiger partial charge in [-0.1, -0.05) is 17.4 Å². The largest absolute Gasteiger partial charge is 0.465 e. The molecule has 30 heavy (non-hydrogen) atoms. The summed E-state index contributed by atoms with van der Waals surface area (Å²) in [7, 11) is 5.28. The van der Waals surface area contributed by atoms with Gasteiger partial charge in [0.05, 0.1) is 22.9 Å². The van der Waals surface area contributed by atoms with Crippen LogP contribution in [0.4, 0.5) is 5.13 Å². The maximum Gasteiger partial charge on any atom is 0.337 e. The highest BCUT2D eigenvalue weighted by Gasteiger charge is 2.22. The van der Waals surface area contributed by atoms with E-state index in [1.54, 1.807) is 29.2 Å². The summed E-state index contributed by atoms with van der Waals surface area (Å²) in [5.41, 5.74) is 4.12. The SMILES string of the molecule is COC(=O)c1ccc(C(=O)N(CCN(C)C)c2nc3c(C)cc(C)cc3s2)cc1.Cl. The van der Waals surface area contributed by atoms with E-state index >= 15 is 0 Å². The Morgan fingerprint density at radius 3 is 2.27 bits per heavy atom. The van der Waals surface area contributed by atoms with E-state index in [0.29, 0.717) is 29.3 Å². The van der Waals surface area contributed by atoms with Crippen LogP contribution in [0.2, 0.25) is 0 Å². The smallest absolute Gasteiger partial charge is 0.337 e. The molecule has 0 atom stereocenters. The van der Waals surface area contributed by atoms with E-state index in [0.717, 1.165) is 15.8 Å². The van der Waals surface area contributed by atoms with Gasteiger partial charge in [-0.05, 0) is 69.4 Å². The molecule has 0 spiro atoms. The Hall–Kier alpha value is -2.48. The topological polar surface area (TPSA) is 62.7 Å². The molecule has 6 nitrogen and oxygen atoms in total. The monoisotopic (exact) mass is 447 g/mol. The number of hydrogen-bond acceptors (Lipinski definition) is 6. The number of aryl methyl sites for hydroxylation is 2. The third-order valence-corrected chi connectivity index (χ3v) is 5.64. The number of fused-ring (bicyclic) bond motifs is 1. The van der Waals surface area contributed by atoms with Gasteiger partial charge in [0.15, 0.2) is 5.13 Å². The summed E-state index contributed by atoms with van der Waals surface area (Å²) in [6.45, 7) is 5.32. The number of ether oxygens (including phenoxy) is 1. The lowest BCUT2D eigenvalue weighted by Crippen LogP contribution is -2.36. The second-order valence-electron chi connectivity index (χ2n) is 7.25.